The molecule has 0 amide bonds. The third kappa shape index (κ3) is 5.23. The van der Waals surface area contributed by atoms with Crippen molar-refractivity contribution in [2.45, 2.75) is 0 Å². The second-order valence-corrected chi connectivity index (χ2v) is 13.5. The lowest BCUT2D eigenvalue weighted by atomic mass is 9.84. The Balaban J connectivity index is 1.18. The molecule has 248 valence electrons. The molecule has 0 aliphatic carbocycles. The van der Waals surface area contributed by atoms with Crippen LogP contribution in [0.15, 0.2) is 206 Å². The molecule has 0 spiro atoms. The molecule has 0 fully saturated rings. The van der Waals surface area contributed by atoms with E-state index in [9.17, 15) is 0 Å². The Bertz CT molecular complexity index is 2870. The van der Waals surface area contributed by atoms with Crippen LogP contribution in [0.4, 0.5) is 17.2 Å². The van der Waals surface area contributed by atoms with Gasteiger partial charge in [-0.3, -0.25) is 4.90 Å². The Labute approximate surface area is 308 Å². The van der Waals surface area contributed by atoms with Crippen molar-refractivity contribution in [1.82, 2.24) is 4.98 Å². The van der Waals surface area contributed by atoms with Crippen molar-refractivity contribution in [2.24, 2.45) is 0 Å². The second kappa shape index (κ2) is 12.9. The van der Waals surface area contributed by atoms with Gasteiger partial charge in [0.05, 0.1) is 5.69 Å². The lowest BCUT2D eigenvalue weighted by molar-refractivity contribution is 1.18. The third-order valence-electron chi connectivity index (χ3n) is 10.5. The van der Waals surface area contributed by atoms with Gasteiger partial charge in [0.2, 0.25) is 0 Å². The minimum Gasteiger partial charge on any atom is -0.294 e. The standard InChI is InChI=1S/C51H34N2/c1-2-16-35(17-3-1)40-20-12-13-27-48(40)53(49-28-14-15-33-52-49)38-31-29-36(30-32-38)50-43-23-8-10-25-45(43)51(46-26-11-9-24-44(46)50)47-34-37-18-4-5-19-39(37)41-21-6-7-22-42(41)47/h1-34H. The van der Waals surface area contributed by atoms with Crippen molar-refractivity contribution in [3.05, 3.63) is 206 Å². The van der Waals surface area contributed by atoms with Crippen molar-refractivity contribution in [2.75, 3.05) is 4.90 Å². The molecule has 0 N–H and O–H groups in total. The maximum atomic E-state index is 4.83. The molecule has 9 aromatic carbocycles. The zero-order valence-electron chi connectivity index (χ0n) is 29.0. The summed E-state index contributed by atoms with van der Waals surface area (Å²) in [5.74, 6) is 0.867. The number of pyridine rings is 1. The Morgan fingerprint density at radius 3 is 1.57 bits per heavy atom. The molecular weight excluding hydrogens is 641 g/mol. The summed E-state index contributed by atoms with van der Waals surface area (Å²) in [4.78, 5) is 7.09. The Morgan fingerprint density at radius 2 is 0.887 bits per heavy atom. The summed E-state index contributed by atoms with van der Waals surface area (Å²) in [6.07, 6.45) is 1.86. The molecule has 0 unspecified atom stereocenters. The van der Waals surface area contributed by atoms with Gasteiger partial charge >= 0.3 is 0 Å². The van der Waals surface area contributed by atoms with E-state index in [1.54, 1.807) is 0 Å². The van der Waals surface area contributed by atoms with E-state index < -0.39 is 0 Å². The predicted octanol–water partition coefficient (Wildman–Crippen LogP) is 14.2. The van der Waals surface area contributed by atoms with Crippen LogP contribution in [0.2, 0.25) is 0 Å². The van der Waals surface area contributed by atoms with Gasteiger partial charge in [0, 0.05) is 17.4 Å². The van der Waals surface area contributed by atoms with Gasteiger partial charge in [0.1, 0.15) is 5.82 Å². The van der Waals surface area contributed by atoms with Crippen LogP contribution < -0.4 is 4.90 Å². The maximum Gasteiger partial charge on any atom is 0.137 e. The van der Waals surface area contributed by atoms with Crippen molar-refractivity contribution >= 4 is 60.3 Å². The molecule has 2 heteroatoms. The molecule has 2 nitrogen and oxygen atoms in total. The van der Waals surface area contributed by atoms with Crippen LogP contribution in [0.25, 0.3) is 76.5 Å². The molecule has 53 heavy (non-hydrogen) atoms. The number of anilines is 3. The first-order chi connectivity index (χ1) is 26.3. The Kier molecular flexibility index (Phi) is 7.51. The van der Waals surface area contributed by atoms with Gasteiger partial charge < -0.3 is 0 Å². The van der Waals surface area contributed by atoms with Crippen LogP contribution in [0, 0.1) is 0 Å². The number of aromatic nitrogens is 1. The van der Waals surface area contributed by atoms with E-state index in [1.807, 2.05) is 18.3 Å². The second-order valence-electron chi connectivity index (χ2n) is 13.5. The number of para-hydroxylation sites is 1. The highest BCUT2D eigenvalue weighted by Crippen LogP contribution is 2.47. The first kappa shape index (κ1) is 30.8. The minimum atomic E-state index is 0.867. The normalized spacial score (nSPS) is 11.4. The number of hydrogen-bond donors (Lipinski definition) is 0. The van der Waals surface area contributed by atoms with E-state index in [0.29, 0.717) is 0 Å². The fourth-order valence-electron chi connectivity index (χ4n) is 8.18. The van der Waals surface area contributed by atoms with Crippen molar-refractivity contribution in [1.29, 1.82) is 0 Å². The fourth-order valence-corrected chi connectivity index (χ4v) is 8.18. The molecule has 0 bridgehead atoms. The van der Waals surface area contributed by atoms with Crippen LogP contribution in [-0.4, -0.2) is 4.98 Å². The number of fused-ring (bicyclic) bond motifs is 5. The van der Waals surface area contributed by atoms with Crippen LogP contribution >= 0.6 is 0 Å². The van der Waals surface area contributed by atoms with Gasteiger partial charge in [-0.2, -0.15) is 0 Å². The average molecular weight is 675 g/mol. The monoisotopic (exact) mass is 674 g/mol. The zero-order valence-corrected chi connectivity index (χ0v) is 29.0. The SMILES string of the molecule is c1ccc(-c2ccccc2N(c2ccc(-c3c4ccccc4c(-c4cc5ccccc5c5ccccc45)c4ccccc34)cc2)c2ccccn2)cc1. The summed E-state index contributed by atoms with van der Waals surface area (Å²) >= 11 is 0. The van der Waals surface area contributed by atoms with Crippen LogP contribution in [0.5, 0.6) is 0 Å². The summed E-state index contributed by atoms with van der Waals surface area (Å²) in [5.41, 5.74) is 9.39. The van der Waals surface area contributed by atoms with Crippen LogP contribution in [-0.2, 0) is 0 Å². The number of benzene rings is 9. The molecule has 0 atom stereocenters. The zero-order chi connectivity index (χ0) is 35.1. The highest BCUT2D eigenvalue weighted by molar-refractivity contribution is 6.25. The molecule has 0 saturated carbocycles. The van der Waals surface area contributed by atoms with Gasteiger partial charge in [0.25, 0.3) is 0 Å². The quantitative estimate of drug-likeness (QED) is 0.129. The highest BCUT2D eigenvalue weighted by Gasteiger charge is 2.21. The third-order valence-corrected chi connectivity index (χ3v) is 10.5. The van der Waals surface area contributed by atoms with Crippen molar-refractivity contribution in [3.63, 3.8) is 0 Å². The topological polar surface area (TPSA) is 16.1 Å². The van der Waals surface area contributed by atoms with Gasteiger partial charge in [-0.25, -0.2) is 4.98 Å². The van der Waals surface area contributed by atoms with E-state index in [0.717, 1.165) is 28.3 Å². The molecule has 0 saturated heterocycles. The number of rotatable bonds is 6. The molecule has 0 aliphatic rings. The van der Waals surface area contributed by atoms with Gasteiger partial charge in [-0.05, 0) is 107 Å². The lowest BCUT2D eigenvalue weighted by Gasteiger charge is -2.27. The average Bonchev–Trinajstić information content (AvgIpc) is 3.24. The maximum absolute atomic E-state index is 4.83. The lowest BCUT2D eigenvalue weighted by Crippen LogP contribution is -2.12. The van der Waals surface area contributed by atoms with Crippen molar-refractivity contribution in [3.8, 4) is 33.4 Å². The largest absolute Gasteiger partial charge is 0.294 e. The van der Waals surface area contributed by atoms with Crippen LogP contribution in [0.3, 0.4) is 0 Å². The van der Waals surface area contributed by atoms with Gasteiger partial charge in [0.15, 0.2) is 0 Å². The molecular formula is C51H34N2. The Hall–Kier alpha value is -7.03. The molecule has 1 aromatic heterocycles. The first-order valence-electron chi connectivity index (χ1n) is 18.1. The summed E-state index contributed by atoms with van der Waals surface area (Å²) < 4.78 is 0. The first-order valence-corrected chi connectivity index (χ1v) is 18.1. The molecule has 0 aliphatic heterocycles. The van der Waals surface area contributed by atoms with E-state index >= 15 is 0 Å². The number of nitrogens with zero attached hydrogens (tertiary/aromatic N) is 2. The summed E-state index contributed by atoms with van der Waals surface area (Å²) in [5, 5.41) is 10.0. The summed E-state index contributed by atoms with van der Waals surface area (Å²) in [7, 11) is 0. The fraction of sp³-hybridized carbons (Fsp3) is 0. The predicted molar refractivity (Wildman–Crippen MR) is 225 cm³/mol. The van der Waals surface area contributed by atoms with Gasteiger partial charge in [-0.1, -0.05) is 164 Å². The van der Waals surface area contributed by atoms with E-state index in [-0.39, 0.29) is 0 Å². The number of hydrogen-bond acceptors (Lipinski definition) is 2. The molecule has 0 radical (unpaired) electrons. The van der Waals surface area contributed by atoms with Crippen LogP contribution in [0.1, 0.15) is 0 Å². The van der Waals surface area contributed by atoms with Gasteiger partial charge in [-0.15, -0.1) is 0 Å². The smallest absolute Gasteiger partial charge is 0.137 e. The van der Waals surface area contributed by atoms with E-state index in [1.165, 1.54) is 65.3 Å². The van der Waals surface area contributed by atoms with E-state index in [4.69, 9.17) is 4.98 Å². The Morgan fingerprint density at radius 1 is 0.340 bits per heavy atom. The molecule has 1 heterocycles. The molecule has 10 rings (SSSR count). The summed E-state index contributed by atoms with van der Waals surface area (Å²) in [6.45, 7) is 0. The van der Waals surface area contributed by atoms with Crippen molar-refractivity contribution < 1.29 is 0 Å². The minimum absolute atomic E-state index is 0.867. The highest BCUT2D eigenvalue weighted by atomic mass is 15.2. The molecule has 10 aromatic rings. The summed E-state index contributed by atoms with van der Waals surface area (Å²) in [6, 6.07) is 72.1. The van der Waals surface area contributed by atoms with E-state index in [2.05, 4.69) is 193 Å².